The highest BCUT2D eigenvalue weighted by Gasteiger charge is 2.25. The molecular weight excluding hydrogens is 933 g/mol. The average molecular weight is 997 g/mol. The molecule has 0 spiro atoms. The molecule has 12 aromatic rings. The minimum Gasteiger partial charge on any atom is -0.308 e. The van der Waals surface area contributed by atoms with E-state index >= 15 is 0 Å². The Kier molecular flexibility index (Phi) is 11.8. The van der Waals surface area contributed by atoms with E-state index in [1.54, 1.807) is 0 Å². The van der Waals surface area contributed by atoms with E-state index in [0.29, 0.717) is 5.56 Å². The second kappa shape index (κ2) is 18.5. The third-order valence-corrected chi connectivity index (χ3v) is 16.3. The van der Waals surface area contributed by atoms with E-state index in [9.17, 15) is 5.26 Å². The molecule has 0 bridgehead atoms. The zero-order valence-corrected chi connectivity index (χ0v) is 46.7. The largest absolute Gasteiger partial charge is 0.308 e. The van der Waals surface area contributed by atoms with Crippen molar-refractivity contribution in [3.05, 3.63) is 230 Å². The van der Waals surface area contributed by atoms with Crippen molar-refractivity contribution in [1.29, 1.82) is 5.26 Å². The molecule has 4 heteroatoms. The standard InChI is InChI=1S/C73H64N4/c1-40-25-44(5)70(45(6)26-40)53-17-21-64-58(33-53)59-34-54(71-46(7)27-41(2)28-47(71)8)18-22-65(59)76(64)68-37-57(63-16-14-15-52(13)75-63)38-69(62(68)39-74)77-66-23-19-55(72-48(9)29-42(3)30-49(72)10)35-60(66)61-36-56(20-24-67(61)77)73-50(11)31-43(4)32-51(73)12/h14-38H,1-13H3. The van der Waals surface area contributed by atoms with Gasteiger partial charge < -0.3 is 9.13 Å². The lowest BCUT2D eigenvalue weighted by molar-refractivity contribution is 1.11. The van der Waals surface area contributed by atoms with Crippen LogP contribution in [0.4, 0.5) is 0 Å². The minimum atomic E-state index is 0.575. The molecule has 0 saturated heterocycles. The van der Waals surface area contributed by atoms with E-state index in [1.165, 1.54) is 111 Å². The number of hydrogen-bond donors (Lipinski definition) is 0. The van der Waals surface area contributed by atoms with Crippen LogP contribution in [0.25, 0.3) is 111 Å². The molecule has 9 aromatic carbocycles. The summed E-state index contributed by atoms with van der Waals surface area (Å²) in [5, 5.41) is 16.5. The molecule has 0 amide bonds. The van der Waals surface area contributed by atoms with Crippen LogP contribution in [0.2, 0.25) is 0 Å². The summed E-state index contributed by atoms with van der Waals surface area (Å²) < 4.78 is 4.69. The zero-order chi connectivity index (χ0) is 53.9. The number of rotatable bonds is 7. The third kappa shape index (κ3) is 8.16. The van der Waals surface area contributed by atoms with E-state index in [0.717, 1.165) is 71.9 Å². The SMILES string of the molecule is Cc1cc(C)c(-c2ccc3c(c2)c2cc(-c4c(C)cc(C)cc4C)ccc2n3-c2cc(-c3cccc(C)n3)cc(-n3c4ccc(-c5c(C)cc(C)cc5C)cc4c4cc(-c5c(C)cc(C)cc5C)ccc43)c2C#N)c(C)c1. The molecule has 4 nitrogen and oxygen atoms in total. The van der Waals surface area contributed by atoms with Crippen molar-refractivity contribution in [1.82, 2.24) is 14.1 Å². The van der Waals surface area contributed by atoms with Gasteiger partial charge in [-0.2, -0.15) is 5.26 Å². The second-order valence-corrected chi connectivity index (χ2v) is 22.4. The molecule has 3 aromatic heterocycles. The third-order valence-electron chi connectivity index (χ3n) is 16.3. The Balaban J connectivity index is 1.20. The maximum atomic E-state index is 12.0. The molecular formula is C73H64N4. The van der Waals surface area contributed by atoms with E-state index in [4.69, 9.17) is 4.98 Å². The summed E-state index contributed by atoms with van der Waals surface area (Å²) in [6.45, 7) is 28.5. The van der Waals surface area contributed by atoms with Crippen LogP contribution in [0, 0.1) is 101 Å². The van der Waals surface area contributed by atoms with Gasteiger partial charge in [-0.3, -0.25) is 4.98 Å². The first-order valence-electron chi connectivity index (χ1n) is 27.0. The Hall–Kier alpha value is -8.78. The summed E-state index contributed by atoms with van der Waals surface area (Å²) in [6.07, 6.45) is 0. The van der Waals surface area contributed by atoms with Gasteiger partial charge in [0.15, 0.2) is 0 Å². The summed E-state index contributed by atoms with van der Waals surface area (Å²) in [4.78, 5) is 5.16. The van der Waals surface area contributed by atoms with Gasteiger partial charge in [0.2, 0.25) is 0 Å². The molecule has 12 rings (SSSR count). The maximum absolute atomic E-state index is 12.0. The number of benzene rings is 9. The fourth-order valence-corrected chi connectivity index (χ4v) is 13.7. The van der Waals surface area contributed by atoms with Crippen molar-refractivity contribution in [2.45, 2.75) is 90.0 Å². The van der Waals surface area contributed by atoms with Gasteiger partial charge in [-0.25, -0.2) is 0 Å². The number of aryl methyl sites for hydroxylation is 13. The summed E-state index contributed by atoms with van der Waals surface area (Å²) in [5.74, 6) is 0. The molecule has 0 unspecified atom stereocenters. The summed E-state index contributed by atoms with van der Waals surface area (Å²) >= 11 is 0. The summed E-state index contributed by atoms with van der Waals surface area (Å²) in [6, 6.07) is 59.5. The van der Waals surface area contributed by atoms with Crippen molar-refractivity contribution in [2.24, 2.45) is 0 Å². The van der Waals surface area contributed by atoms with E-state index in [2.05, 4.69) is 244 Å². The molecule has 0 saturated carbocycles. The molecule has 77 heavy (non-hydrogen) atoms. The van der Waals surface area contributed by atoms with Gasteiger partial charge in [0.05, 0.1) is 39.1 Å². The number of fused-ring (bicyclic) bond motifs is 6. The molecule has 0 N–H and O–H groups in total. The molecule has 0 fully saturated rings. The van der Waals surface area contributed by atoms with Crippen LogP contribution in [0.15, 0.2) is 152 Å². The molecule has 0 aliphatic heterocycles. The Morgan fingerprint density at radius 1 is 0.325 bits per heavy atom. The summed E-state index contributed by atoms with van der Waals surface area (Å²) in [5.41, 5.74) is 33.8. The van der Waals surface area contributed by atoms with Gasteiger partial charge in [-0.1, -0.05) is 101 Å². The highest BCUT2D eigenvalue weighted by atomic mass is 15.0. The Labute approximate surface area is 453 Å². The molecule has 0 aliphatic rings. The highest BCUT2D eigenvalue weighted by molar-refractivity contribution is 6.14. The molecule has 0 aliphatic carbocycles. The first kappa shape index (κ1) is 49.1. The number of pyridine rings is 1. The van der Waals surface area contributed by atoms with Crippen LogP contribution in [0.3, 0.4) is 0 Å². The van der Waals surface area contributed by atoms with Crippen LogP contribution < -0.4 is 0 Å². The normalized spacial score (nSPS) is 11.7. The second-order valence-electron chi connectivity index (χ2n) is 22.4. The fraction of sp³-hybridized carbons (Fsp3) is 0.178. The van der Waals surface area contributed by atoms with Crippen LogP contribution in [0.5, 0.6) is 0 Å². The zero-order valence-electron chi connectivity index (χ0n) is 46.7. The van der Waals surface area contributed by atoms with Gasteiger partial charge in [-0.15, -0.1) is 0 Å². The van der Waals surface area contributed by atoms with Crippen LogP contribution in [-0.4, -0.2) is 14.1 Å². The lowest BCUT2D eigenvalue weighted by Gasteiger charge is -2.19. The van der Waals surface area contributed by atoms with Crippen molar-refractivity contribution in [3.63, 3.8) is 0 Å². The van der Waals surface area contributed by atoms with Gasteiger partial charge in [0, 0.05) is 32.8 Å². The predicted octanol–water partition coefficient (Wildman–Crippen LogP) is 19.5. The quantitative estimate of drug-likeness (QED) is 0.160. The van der Waals surface area contributed by atoms with Gasteiger partial charge >= 0.3 is 0 Å². The van der Waals surface area contributed by atoms with Crippen molar-refractivity contribution >= 4 is 43.6 Å². The number of hydrogen-bond acceptors (Lipinski definition) is 2. The van der Waals surface area contributed by atoms with Gasteiger partial charge in [0.25, 0.3) is 0 Å². The smallest absolute Gasteiger partial charge is 0.104 e. The van der Waals surface area contributed by atoms with Crippen molar-refractivity contribution in [3.8, 4) is 73.2 Å². The maximum Gasteiger partial charge on any atom is 0.104 e. The van der Waals surface area contributed by atoms with E-state index in [1.807, 2.05) is 13.0 Å². The fourth-order valence-electron chi connectivity index (χ4n) is 13.7. The topological polar surface area (TPSA) is 46.5 Å². The molecule has 376 valence electrons. The number of nitrogens with zero attached hydrogens (tertiary/aromatic N) is 4. The molecule has 0 atom stereocenters. The Morgan fingerprint density at radius 3 is 0.870 bits per heavy atom. The van der Waals surface area contributed by atoms with Gasteiger partial charge in [-0.05, 0) is 252 Å². The van der Waals surface area contributed by atoms with Gasteiger partial charge in [0.1, 0.15) is 11.6 Å². The highest BCUT2D eigenvalue weighted by Crippen LogP contribution is 2.45. The van der Waals surface area contributed by atoms with Crippen LogP contribution in [-0.2, 0) is 0 Å². The number of nitriles is 1. The minimum absolute atomic E-state index is 0.575. The van der Waals surface area contributed by atoms with Crippen molar-refractivity contribution in [2.75, 3.05) is 0 Å². The molecule has 0 radical (unpaired) electrons. The monoisotopic (exact) mass is 997 g/mol. The Bertz CT molecular complexity index is 3960. The molecule has 3 heterocycles. The first-order chi connectivity index (χ1) is 37.0. The first-order valence-corrected chi connectivity index (χ1v) is 27.0. The summed E-state index contributed by atoms with van der Waals surface area (Å²) in [7, 11) is 0. The van der Waals surface area contributed by atoms with Crippen LogP contribution in [0.1, 0.15) is 78.0 Å². The lowest BCUT2D eigenvalue weighted by atomic mass is 9.91. The average Bonchev–Trinajstić information content (AvgIpc) is 4.12. The Morgan fingerprint density at radius 2 is 0.610 bits per heavy atom. The van der Waals surface area contributed by atoms with E-state index in [-0.39, 0.29) is 0 Å². The predicted molar refractivity (Wildman–Crippen MR) is 326 cm³/mol. The van der Waals surface area contributed by atoms with Crippen molar-refractivity contribution < 1.29 is 0 Å². The van der Waals surface area contributed by atoms with Crippen LogP contribution >= 0.6 is 0 Å². The van der Waals surface area contributed by atoms with E-state index < -0.39 is 0 Å². The number of aromatic nitrogens is 3. The lowest BCUT2D eigenvalue weighted by Crippen LogP contribution is -2.05.